The predicted octanol–water partition coefficient (Wildman–Crippen LogP) is 4.84. The lowest BCUT2D eigenvalue weighted by Crippen LogP contribution is -1.97. The Kier molecular flexibility index (Phi) is 2.52. The molecule has 1 heterocycles. The van der Waals surface area contributed by atoms with Crippen molar-refractivity contribution in [2.24, 2.45) is 0 Å². The fraction of sp³-hybridized carbons (Fsp3) is 0.222. The molecule has 94 valence electrons. The summed E-state index contributed by atoms with van der Waals surface area (Å²) in [6.45, 7) is 0.895. The molecule has 0 aromatic heterocycles. The van der Waals surface area contributed by atoms with Gasteiger partial charge in [0, 0.05) is 6.61 Å². The molecule has 1 saturated heterocycles. The number of hydrogen-bond acceptors (Lipinski definition) is 1. The van der Waals surface area contributed by atoms with Gasteiger partial charge in [0.2, 0.25) is 0 Å². The molecule has 1 aliphatic rings. The summed E-state index contributed by atoms with van der Waals surface area (Å²) in [4.78, 5) is 0. The molecule has 0 radical (unpaired) electrons. The highest BCUT2D eigenvalue weighted by Crippen LogP contribution is 2.37. The lowest BCUT2D eigenvalue weighted by atomic mass is 9.94. The van der Waals surface area contributed by atoms with Gasteiger partial charge in [-0.05, 0) is 46.0 Å². The normalized spacial score (nSPS) is 19.3. The van der Waals surface area contributed by atoms with Crippen LogP contribution in [-0.2, 0) is 4.74 Å². The van der Waals surface area contributed by atoms with Crippen molar-refractivity contribution in [3.8, 4) is 0 Å². The zero-order valence-electron chi connectivity index (χ0n) is 10.8. The van der Waals surface area contributed by atoms with Gasteiger partial charge in [-0.15, -0.1) is 0 Å². The Morgan fingerprint density at radius 1 is 0.842 bits per heavy atom. The van der Waals surface area contributed by atoms with Crippen LogP contribution in [0.5, 0.6) is 0 Å². The minimum atomic E-state index is 0.273. The molecule has 1 nitrogen and oxygen atoms in total. The molecular weight excluding hydrogens is 232 g/mol. The highest BCUT2D eigenvalue weighted by molar-refractivity contribution is 6.09. The smallest absolute Gasteiger partial charge is 0.0832 e. The third kappa shape index (κ3) is 1.73. The number of benzene rings is 3. The molecule has 1 aliphatic heterocycles. The first-order valence-corrected chi connectivity index (χ1v) is 6.95. The van der Waals surface area contributed by atoms with E-state index in [2.05, 4.69) is 54.6 Å². The van der Waals surface area contributed by atoms with E-state index in [9.17, 15) is 0 Å². The van der Waals surface area contributed by atoms with E-state index in [4.69, 9.17) is 4.74 Å². The Balaban J connectivity index is 2.09. The lowest BCUT2D eigenvalue weighted by Gasteiger charge is -2.15. The van der Waals surface area contributed by atoms with Crippen molar-refractivity contribution in [2.75, 3.05) is 6.61 Å². The van der Waals surface area contributed by atoms with E-state index < -0.39 is 0 Å². The summed E-state index contributed by atoms with van der Waals surface area (Å²) in [5, 5.41) is 5.32. The van der Waals surface area contributed by atoms with Crippen LogP contribution >= 0.6 is 0 Å². The second-order valence-electron chi connectivity index (χ2n) is 5.23. The summed E-state index contributed by atoms with van der Waals surface area (Å²) in [5.41, 5.74) is 1.35. The van der Waals surface area contributed by atoms with Crippen molar-refractivity contribution in [1.29, 1.82) is 0 Å². The highest BCUT2D eigenvalue weighted by Gasteiger charge is 2.20. The number of hydrogen-bond donors (Lipinski definition) is 0. The van der Waals surface area contributed by atoms with Crippen LogP contribution in [0, 0.1) is 0 Å². The van der Waals surface area contributed by atoms with E-state index in [0.717, 1.165) is 13.0 Å². The minimum absolute atomic E-state index is 0.273. The first kappa shape index (κ1) is 11.0. The minimum Gasteiger partial charge on any atom is -0.374 e. The maximum Gasteiger partial charge on any atom is 0.0832 e. The van der Waals surface area contributed by atoms with Crippen molar-refractivity contribution < 1.29 is 4.74 Å². The van der Waals surface area contributed by atoms with Crippen molar-refractivity contribution in [2.45, 2.75) is 18.9 Å². The average Bonchev–Trinajstić information content (AvgIpc) is 3.00. The SMILES string of the molecule is c1ccc2c(c1)cc(C1CCCO1)c1ccccc12. The van der Waals surface area contributed by atoms with E-state index >= 15 is 0 Å². The van der Waals surface area contributed by atoms with Gasteiger partial charge in [-0.25, -0.2) is 0 Å². The van der Waals surface area contributed by atoms with Crippen LogP contribution in [-0.4, -0.2) is 6.61 Å². The molecule has 19 heavy (non-hydrogen) atoms. The maximum atomic E-state index is 5.90. The van der Waals surface area contributed by atoms with E-state index in [1.807, 2.05) is 0 Å². The van der Waals surface area contributed by atoms with Crippen LogP contribution in [0.2, 0.25) is 0 Å². The zero-order valence-corrected chi connectivity index (χ0v) is 10.8. The van der Waals surface area contributed by atoms with Gasteiger partial charge in [0.15, 0.2) is 0 Å². The van der Waals surface area contributed by atoms with E-state index in [-0.39, 0.29) is 6.10 Å². The molecule has 1 unspecified atom stereocenters. The molecule has 0 aliphatic carbocycles. The molecule has 0 amide bonds. The second-order valence-corrected chi connectivity index (χ2v) is 5.23. The van der Waals surface area contributed by atoms with Crippen LogP contribution in [0.1, 0.15) is 24.5 Å². The van der Waals surface area contributed by atoms with Gasteiger partial charge in [-0.1, -0.05) is 48.5 Å². The molecule has 1 atom stereocenters. The van der Waals surface area contributed by atoms with E-state index in [1.54, 1.807) is 0 Å². The van der Waals surface area contributed by atoms with Crippen LogP contribution in [0.15, 0.2) is 54.6 Å². The average molecular weight is 248 g/mol. The van der Waals surface area contributed by atoms with Crippen molar-refractivity contribution >= 4 is 21.5 Å². The zero-order chi connectivity index (χ0) is 12.7. The number of rotatable bonds is 1. The summed E-state index contributed by atoms with van der Waals surface area (Å²) in [5.74, 6) is 0. The highest BCUT2D eigenvalue weighted by atomic mass is 16.5. The predicted molar refractivity (Wildman–Crippen MR) is 79.4 cm³/mol. The van der Waals surface area contributed by atoms with Gasteiger partial charge < -0.3 is 4.74 Å². The third-order valence-electron chi connectivity index (χ3n) is 4.08. The van der Waals surface area contributed by atoms with Crippen molar-refractivity contribution in [3.63, 3.8) is 0 Å². The van der Waals surface area contributed by atoms with E-state index in [0.29, 0.717) is 0 Å². The Hall–Kier alpha value is -1.86. The molecule has 0 saturated carbocycles. The van der Waals surface area contributed by atoms with Crippen molar-refractivity contribution in [1.82, 2.24) is 0 Å². The molecule has 3 aromatic rings. The van der Waals surface area contributed by atoms with Crippen LogP contribution < -0.4 is 0 Å². The van der Waals surface area contributed by atoms with E-state index in [1.165, 1.54) is 33.5 Å². The van der Waals surface area contributed by atoms with Crippen molar-refractivity contribution in [3.05, 3.63) is 60.2 Å². The van der Waals surface area contributed by atoms with Gasteiger partial charge in [-0.3, -0.25) is 0 Å². The topological polar surface area (TPSA) is 9.23 Å². The Labute approximate surface area is 112 Å². The Bertz CT molecular complexity index is 739. The molecule has 0 spiro atoms. The molecule has 1 fully saturated rings. The summed E-state index contributed by atoms with van der Waals surface area (Å²) in [6, 6.07) is 19.6. The standard InChI is InChI=1S/C18H16O/c1-2-7-14-13(6-1)12-17(18-10-5-11-19-18)16-9-4-3-8-15(14)16/h1-4,6-9,12,18H,5,10-11H2. The first-order chi connectivity index (χ1) is 9.43. The maximum absolute atomic E-state index is 5.90. The molecule has 0 N–H and O–H groups in total. The van der Waals surface area contributed by atoms with Crippen LogP contribution in [0.3, 0.4) is 0 Å². The third-order valence-corrected chi connectivity index (χ3v) is 4.08. The second kappa shape index (κ2) is 4.36. The van der Waals surface area contributed by atoms with Crippen LogP contribution in [0.4, 0.5) is 0 Å². The first-order valence-electron chi connectivity index (χ1n) is 6.95. The number of fused-ring (bicyclic) bond motifs is 3. The summed E-state index contributed by atoms with van der Waals surface area (Å²) in [6.07, 6.45) is 2.59. The summed E-state index contributed by atoms with van der Waals surface area (Å²) < 4.78 is 5.90. The Morgan fingerprint density at radius 3 is 2.37 bits per heavy atom. The monoisotopic (exact) mass is 248 g/mol. The lowest BCUT2D eigenvalue weighted by molar-refractivity contribution is 0.113. The number of ether oxygens (including phenoxy) is 1. The van der Waals surface area contributed by atoms with Gasteiger partial charge in [0.1, 0.15) is 0 Å². The van der Waals surface area contributed by atoms with Gasteiger partial charge in [0.05, 0.1) is 6.10 Å². The molecule has 0 bridgehead atoms. The fourth-order valence-corrected chi connectivity index (χ4v) is 3.17. The largest absolute Gasteiger partial charge is 0.374 e. The fourth-order valence-electron chi connectivity index (χ4n) is 3.17. The summed E-state index contributed by atoms with van der Waals surface area (Å²) >= 11 is 0. The molecule has 4 rings (SSSR count). The summed E-state index contributed by atoms with van der Waals surface area (Å²) in [7, 11) is 0. The quantitative estimate of drug-likeness (QED) is 0.560. The molecular formula is C18H16O. The Morgan fingerprint density at radius 2 is 1.58 bits per heavy atom. The van der Waals surface area contributed by atoms with Crippen LogP contribution in [0.25, 0.3) is 21.5 Å². The van der Waals surface area contributed by atoms with Gasteiger partial charge >= 0.3 is 0 Å². The molecule has 3 aromatic carbocycles. The molecule has 1 heteroatoms. The van der Waals surface area contributed by atoms with Gasteiger partial charge in [-0.2, -0.15) is 0 Å². The van der Waals surface area contributed by atoms with Gasteiger partial charge in [0.25, 0.3) is 0 Å².